The van der Waals surface area contributed by atoms with Gasteiger partial charge in [0, 0.05) is 6.54 Å². The number of halogens is 1. The second-order valence-corrected chi connectivity index (χ2v) is 4.72. The molecule has 1 aromatic heterocycles. The molecule has 15 heavy (non-hydrogen) atoms. The van der Waals surface area contributed by atoms with Gasteiger partial charge in [-0.2, -0.15) is 0 Å². The Labute approximate surface area is 97.4 Å². The molecule has 0 bridgehead atoms. The van der Waals surface area contributed by atoms with Crippen LogP contribution in [-0.2, 0) is 4.79 Å². The van der Waals surface area contributed by atoms with Crippen LogP contribution in [-0.4, -0.2) is 17.4 Å². The quantitative estimate of drug-likeness (QED) is 0.824. The van der Waals surface area contributed by atoms with E-state index in [0.717, 1.165) is 4.60 Å². The van der Waals surface area contributed by atoms with Gasteiger partial charge in [0.2, 0.25) is 5.91 Å². The van der Waals surface area contributed by atoms with E-state index in [2.05, 4.69) is 26.2 Å². The minimum Gasteiger partial charge on any atom is -0.329 e. The highest BCUT2D eigenvalue weighted by Crippen LogP contribution is 2.17. The first-order chi connectivity index (χ1) is 6.95. The van der Waals surface area contributed by atoms with Crippen LogP contribution in [0.2, 0.25) is 0 Å². The molecule has 1 amide bonds. The molecule has 4 nitrogen and oxygen atoms in total. The Kier molecular flexibility index (Phi) is 3.82. The van der Waals surface area contributed by atoms with Crippen molar-refractivity contribution < 1.29 is 4.79 Å². The van der Waals surface area contributed by atoms with Crippen molar-refractivity contribution in [2.24, 2.45) is 11.1 Å². The summed E-state index contributed by atoms with van der Waals surface area (Å²) >= 11 is 3.22. The predicted octanol–water partition coefficient (Wildman–Crippen LogP) is 1.77. The van der Waals surface area contributed by atoms with E-state index in [-0.39, 0.29) is 5.91 Å². The third-order valence-corrected chi connectivity index (χ3v) is 2.58. The first-order valence-corrected chi connectivity index (χ1v) is 5.38. The van der Waals surface area contributed by atoms with E-state index in [4.69, 9.17) is 5.73 Å². The maximum absolute atomic E-state index is 11.7. The number of amides is 1. The number of carbonyl (C=O) groups excluding carboxylic acids is 1. The molecule has 0 saturated carbocycles. The number of pyridine rings is 1. The van der Waals surface area contributed by atoms with E-state index in [1.165, 1.54) is 0 Å². The lowest BCUT2D eigenvalue weighted by Crippen LogP contribution is -2.37. The number of rotatable bonds is 3. The van der Waals surface area contributed by atoms with Crippen molar-refractivity contribution in [1.82, 2.24) is 4.98 Å². The molecule has 1 heterocycles. The van der Waals surface area contributed by atoms with Gasteiger partial charge in [0.05, 0.1) is 17.3 Å². The average molecular weight is 272 g/mol. The van der Waals surface area contributed by atoms with Gasteiger partial charge in [0.25, 0.3) is 0 Å². The fourth-order valence-corrected chi connectivity index (χ4v) is 1.08. The molecule has 1 rings (SSSR count). The lowest BCUT2D eigenvalue weighted by Gasteiger charge is -2.20. The summed E-state index contributed by atoms with van der Waals surface area (Å²) in [5, 5.41) is 2.76. The number of anilines is 1. The van der Waals surface area contributed by atoms with Crippen molar-refractivity contribution >= 4 is 27.5 Å². The SMILES string of the molecule is CC(C)(CN)C(=O)Nc1ccc(Br)nc1. The van der Waals surface area contributed by atoms with Gasteiger partial charge in [-0.3, -0.25) is 4.79 Å². The van der Waals surface area contributed by atoms with Gasteiger partial charge in [-0.05, 0) is 41.9 Å². The fourth-order valence-electron chi connectivity index (χ4n) is 0.843. The Morgan fingerprint density at radius 1 is 1.60 bits per heavy atom. The summed E-state index contributed by atoms with van der Waals surface area (Å²) in [5.41, 5.74) is 5.61. The summed E-state index contributed by atoms with van der Waals surface area (Å²) in [6.07, 6.45) is 1.59. The summed E-state index contributed by atoms with van der Waals surface area (Å²) in [6.45, 7) is 3.91. The number of aromatic nitrogens is 1. The van der Waals surface area contributed by atoms with Crippen molar-refractivity contribution in [2.75, 3.05) is 11.9 Å². The molecule has 1 aromatic rings. The monoisotopic (exact) mass is 271 g/mol. The predicted molar refractivity (Wildman–Crippen MR) is 63.4 cm³/mol. The molecule has 0 radical (unpaired) electrons. The van der Waals surface area contributed by atoms with Crippen molar-refractivity contribution in [1.29, 1.82) is 0 Å². The molecule has 0 aromatic carbocycles. The molecule has 0 saturated heterocycles. The molecule has 0 unspecified atom stereocenters. The maximum atomic E-state index is 11.7. The molecule has 0 aliphatic heterocycles. The highest BCUT2D eigenvalue weighted by atomic mass is 79.9. The van der Waals surface area contributed by atoms with Gasteiger partial charge in [-0.1, -0.05) is 0 Å². The van der Waals surface area contributed by atoms with Crippen molar-refractivity contribution in [3.63, 3.8) is 0 Å². The van der Waals surface area contributed by atoms with Gasteiger partial charge in [-0.15, -0.1) is 0 Å². The van der Waals surface area contributed by atoms with Crippen LogP contribution in [0.3, 0.4) is 0 Å². The van der Waals surface area contributed by atoms with Crippen LogP contribution in [0.15, 0.2) is 22.9 Å². The third kappa shape index (κ3) is 3.28. The van der Waals surface area contributed by atoms with Gasteiger partial charge < -0.3 is 11.1 Å². The van der Waals surface area contributed by atoms with Crippen molar-refractivity contribution in [2.45, 2.75) is 13.8 Å². The van der Waals surface area contributed by atoms with E-state index in [1.54, 1.807) is 32.2 Å². The molecule has 0 aliphatic carbocycles. The molecule has 0 spiro atoms. The number of nitrogens with zero attached hydrogens (tertiary/aromatic N) is 1. The molecule has 0 fully saturated rings. The van der Waals surface area contributed by atoms with Crippen LogP contribution in [0.5, 0.6) is 0 Å². The van der Waals surface area contributed by atoms with Crippen molar-refractivity contribution in [3.05, 3.63) is 22.9 Å². The zero-order valence-corrected chi connectivity index (χ0v) is 10.3. The minimum atomic E-state index is -0.562. The van der Waals surface area contributed by atoms with Gasteiger partial charge in [-0.25, -0.2) is 4.98 Å². The number of nitrogens with one attached hydrogen (secondary N) is 1. The van der Waals surface area contributed by atoms with Crippen LogP contribution in [0.1, 0.15) is 13.8 Å². The summed E-state index contributed by atoms with van der Waals surface area (Å²) in [4.78, 5) is 15.7. The van der Waals surface area contributed by atoms with Gasteiger partial charge in [0.15, 0.2) is 0 Å². The summed E-state index contributed by atoms with van der Waals surface area (Å²) < 4.78 is 0.735. The Hall–Kier alpha value is -0.940. The fraction of sp³-hybridized carbons (Fsp3) is 0.400. The van der Waals surface area contributed by atoms with Gasteiger partial charge >= 0.3 is 0 Å². The standard InChI is InChI=1S/C10H14BrN3O/c1-10(2,6-12)9(15)14-7-3-4-8(11)13-5-7/h3-5H,6,12H2,1-2H3,(H,14,15). The molecule has 0 atom stereocenters. The van der Waals surface area contributed by atoms with Crippen LogP contribution in [0.4, 0.5) is 5.69 Å². The zero-order valence-electron chi connectivity index (χ0n) is 8.75. The highest BCUT2D eigenvalue weighted by molar-refractivity contribution is 9.10. The highest BCUT2D eigenvalue weighted by Gasteiger charge is 2.25. The molecule has 5 heteroatoms. The van der Waals surface area contributed by atoms with E-state index >= 15 is 0 Å². The summed E-state index contributed by atoms with van der Waals surface area (Å²) in [6, 6.07) is 3.55. The Bertz CT molecular complexity index is 348. The first kappa shape index (κ1) is 12.1. The van der Waals surface area contributed by atoms with Gasteiger partial charge in [0.1, 0.15) is 4.60 Å². The Morgan fingerprint density at radius 3 is 2.73 bits per heavy atom. The maximum Gasteiger partial charge on any atom is 0.231 e. The molecule has 82 valence electrons. The summed E-state index contributed by atoms with van der Waals surface area (Å²) in [7, 11) is 0. The summed E-state index contributed by atoms with van der Waals surface area (Å²) in [5.74, 6) is -0.103. The average Bonchev–Trinajstić information content (AvgIpc) is 2.21. The normalized spacial score (nSPS) is 11.2. The van der Waals surface area contributed by atoms with E-state index in [1.807, 2.05) is 0 Å². The molecular weight excluding hydrogens is 258 g/mol. The second-order valence-electron chi connectivity index (χ2n) is 3.91. The molecule has 3 N–H and O–H groups in total. The minimum absolute atomic E-state index is 0.103. The smallest absolute Gasteiger partial charge is 0.231 e. The third-order valence-electron chi connectivity index (χ3n) is 2.11. The van der Waals surface area contributed by atoms with Crippen LogP contribution < -0.4 is 11.1 Å². The number of hydrogen-bond donors (Lipinski definition) is 2. The van der Waals surface area contributed by atoms with Crippen molar-refractivity contribution in [3.8, 4) is 0 Å². The van der Waals surface area contributed by atoms with E-state index in [9.17, 15) is 4.79 Å². The van der Waals surface area contributed by atoms with Crippen LogP contribution in [0, 0.1) is 5.41 Å². The van der Waals surface area contributed by atoms with Crippen LogP contribution in [0.25, 0.3) is 0 Å². The van der Waals surface area contributed by atoms with Crippen LogP contribution >= 0.6 is 15.9 Å². The largest absolute Gasteiger partial charge is 0.329 e. The van der Waals surface area contributed by atoms with E-state index in [0.29, 0.717) is 12.2 Å². The van der Waals surface area contributed by atoms with E-state index < -0.39 is 5.41 Å². The first-order valence-electron chi connectivity index (χ1n) is 4.59. The molecular formula is C10H14BrN3O. The Morgan fingerprint density at radius 2 is 2.27 bits per heavy atom. The lowest BCUT2D eigenvalue weighted by molar-refractivity contribution is -0.123. The zero-order chi connectivity index (χ0) is 11.5. The second kappa shape index (κ2) is 4.72. The topological polar surface area (TPSA) is 68.0 Å². The lowest BCUT2D eigenvalue weighted by atomic mass is 9.93. The Balaban J connectivity index is 2.71. The molecule has 0 aliphatic rings. The number of nitrogens with two attached hydrogens (primary N) is 1. The number of hydrogen-bond acceptors (Lipinski definition) is 3. The number of carbonyl (C=O) groups is 1.